The summed E-state index contributed by atoms with van der Waals surface area (Å²) in [7, 11) is 2.22. The minimum Gasteiger partial charge on any atom is -0.490 e. The highest BCUT2D eigenvalue weighted by Gasteiger charge is 2.22. The molecular formula is C15H25ClN2O2+2. The lowest BCUT2D eigenvalue weighted by Crippen LogP contribution is -3.27. The predicted molar refractivity (Wildman–Crippen MR) is 79.9 cm³/mol. The molecule has 0 aromatic heterocycles. The van der Waals surface area contributed by atoms with Crippen LogP contribution in [0, 0.1) is 6.92 Å². The number of aliphatic hydroxyl groups is 1. The lowest BCUT2D eigenvalue weighted by atomic mass is 10.2. The zero-order valence-corrected chi connectivity index (χ0v) is 13.0. The van der Waals surface area contributed by atoms with Gasteiger partial charge in [0.25, 0.3) is 0 Å². The Kier molecular flexibility index (Phi) is 5.66. The Bertz CT molecular complexity index is 434. The largest absolute Gasteiger partial charge is 0.490 e. The summed E-state index contributed by atoms with van der Waals surface area (Å²) in [5, 5.41) is 10.8. The van der Waals surface area contributed by atoms with Gasteiger partial charge in [-0.25, -0.2) is 0 Å². The normalized spacial score (nSPS) is 24.4. The summed E-state index contributed by atoms with van der Waals surface area (Å²) in [6, 6.07) is 5.54. The van der Waals surface area contributed by atoms with E-state index in [1.54, 1.807) is 4.90 Å². The molecule has 1 aliphatic rings. The van der Waals surface area contributed by atoms with Gasteiger partial charge in [-0.05, 0) is 30.7 Å². The fourth-order valence-electron chi connectivity index (χ4n) is 2.59. The van der Waals surface area contributed by atoms with Gasteiger partial charge < -0.3 is 19.6 Å². The molecule has 0 spiro atoms. The van der Waals surface area contributed by atoms with Gasteiger partial charge in [0.05, 0.1) is 7.05 Å². The highest BCUT2D eigenvalue weighted by Crippen LogP contribution is 2.21. The summed E-state index contributed by atoms with van der Waals surface area (Å²) in [6.45, 7) is 7.68. The lowest BCUT2D eigenvalue weighted by molar-refractivity contribution is -1.00. The molecule has 1 heterocycles. The van der Waals surface area contributed by atoms with E-state index in [-0.39, 0.29) is 0 Å². The van der Waals surface area contributed by atoms with Gasteiger partial charge in [-0.2, -0.15) is 0 Å². The average Bonchev–Trinajstić information content (AvgIpc) is 2.40. The Balaban J connectivity index is 1.76. The predicted octanol–water partition coefficient (Wildman–Crippen LogP) is -1.20. The van der Waals surface area contributed by atoms with Crippen molar-refractivity contribution >= 4 is 11.6 Å². The fourth-order valence-corrected chi connectivity index (χ4v) is 2.81. The number of hydrogen-bond acceptors (Lipinski definition) is 2. The first-order valence-electron chi connectivity index (χ1n) is 7.26. The van der Waals surface area contributed by atoms with E-state index in [9.17, 15) is 5.11 Å². The molecule has 20 heavy (non-hydrogen) atoms. The molecule has 0 bridgehead atoms. The van der Waals surface area contributed by atoms with Gasteiger partial charge in [0.2, 0.25) is 0 Å². The van der Waals surface area contributed by atoms with Crippen LogP contribution in [0.3, 0.4) is 0 Å². The number of ether oxygens (including phenoxy) is 1. The maximum absolute atomic E-state index is 10.1. The number of likely N-dealkylation sites (N-methyl/N-ethyl adjacent to an activating group) is 1. The Morgan fingerprint density at radius 3 is 2.65 bits per heavy atom. The minimum absolute atomic E-state index is 0.342. The number of aryl methyl sites for hydroxylation is 1. The van der Waals surface area contributed by atoms with Crippen molar-refractivity contribution in [3.05, 3.63) is 28.8 Å². The first-order valence-corrected chi connectivity index (χ1v) is 7.64. The van der Waals surface area contributed by atoms with Crippen molar-refractivity contribution in [1.29, 1.82) is 0 Å². The second kappa shape index (κ2) is 7.27. The molecule has 1 fully saturated rings. The van der Waals surface area contributed by atoms with E-state index < -0.39 is 6.10 Å². The number of quaternary nitrogens is 2. The van der Waals surface area contributed by atoms with Crippen molar-refractivity contribution in [2.24, 2.45) is 0 Å². The quantitative estimate of drug-likeness (QED) is 0.639. The average molecular weight is 301 g/mol. The van der Waals surface area contributed by atoms with E-state index >= 15 is 0 Å². The molecule has 112 valence electrons. The van der Waals surface area contributed by atoms with Crippen LogP contribution in [0.5, 0.6) is 5.75 Å². The van der Waals surface area contributed by atoms with Crippen LogP contribution in [0.2, 0.25) is 5.02 Å². The molecule has 1 atom stereocenters. The van der Waals surface area contributed by atoms with Crippen LogP contribution in [0.15, 0.2) is 18.2 Å². The van der Waals surface area contributed by atoms with E-state index in [4.69, 9.17) is 16.3 Å². The molecule has 0 aliphatic carbocycles. The van der Waals surface area contributed by atoms with Crippen LogP contribution in [0.25, 0.3) is 0 Å². The molecular weight excluding hydrogens is 276 g/mol. The fraction of sp³-hybridized carbons (Fsp3) is 0.600. The standard InChI is InChI=1S/C15H23ClN2O2/c1-12-9-13(16)3-4-15(12)20-11-14(19)10-18-7-5-17(2)6-8-18/h3-4,9,14,19H,5-8,10-11H2,1-2H3/p+2. The third-order valence-electron chi connectivity index (χ3n) is 3.90. The number of rotatable bonds is 5. The first-order chi connectivity index (χ1) is 9.54. The zero-order chi connectivity index (χ0) is 14.5. The van der Waals surface area contributed by atoms with E-state index in [1.165, 1.54) is 18.0 Å². The SMILES string of the molecule is Cc1cc(Cl)ccc1OCC(O)C[NH+]1CC[NH+](C)CC1. The van der Waals surface area contributed by atoms with Crippen molar-refractivity contribution in [2.45, 2.75) is 13.0 Å². The molecule has 0 amide bonds. The Hall–Kier alpha value is -0.810. The third-order valence-corrected chi connectivity index (χ3v) is 4.14. The van der Waals surface area contributed by atoms with Gasteiger partial charge in [-0.15, -0.1) is 0 Å². The topological polar surface area (TPSA) is 38.3 Å². The van der Waals surface area contributed by atoms with Crippen LogP contribution >= 0.6 is 11.6 Å². The molecule has 0 radical (unpaired) electrons. The monoisotopic (exact) mass is 300 g/mol. The van der Waals surface area contributed by atoms with Gasteiger partial charge in [-0.3, -0.25) is 0 Å². The molecule has 5 heteroatoms. The number of aliphatic hydroxyl groups excluding tert-OH is 1. The number of halogens is 1. The van der Waals surface area contributed by atoms with Crippen LogP contribution < -0.4 is 14.5 Å². The van der Waals surface area contributed by atoms with Crippen LogP contribution in [0.4, 0.5) is 0 Å². The Labute approximate surface area is 125 Å². The van der Waals surface area contributed by atoms with Crippen LogP contribution in [-0.4, -0.2) is 57.6 Å². The number of piperazine rings is 1. The maximum atomic E-state index is 10.1. The summed E-state index contributed by atoms with van der Waals surface area (Å²) >= 11 is 5.91. The summed E-state index contributed by atoms with van der Waals surface area (Å²) < 4.78 is 5.69. The molecule has 4 nitrogen and oxygen atoms in total. The van der Waals surface area contributed by atoms with Gasteiger partial charge in [0, 0.05) is 5.02 Å². The third kappa shape index (κ3) is 4.63. The number of hydrogen-bond donors (Lipinski definition) is 3. The summed E-state index contributed by atoms with van der Waals surface area (Å²) in [5.41, 5.74) is 1.00. The van der Waals surface area contributed by atoms with E-state index in [2.05, 4.69) is 7.05 Å². The summed E-state index contributed by atoms with van der Waals surface area (Å²) in [5.74, 6) is 0.797. The lowest BCUT2D eigenvalue weighted by Gasteiger charge is -2.28. The summed E-state index contributed by atoms with van der Waals surface area (Å²) in [4.78, 5) is 3.05. The molecule has 1 aromatic rings. The van der Waals surface area contributed by atoms with Crippen molar-refractivity contribution in [3.8, 4) is 5.75 Å². The molecule has 1 saturated heterocycles. The van der Waals surface area contributed by atoms with E-state index in [0.717, 1.165) is 30.9 Å². The molecule has 0 saturated carbocycles. The molecule has 1 aromatic carbocycles. The first kappa shape index (κ1) is 15.6. The van der Waals surface area contributed by atoms with Gasteiger partial charge >= 0.3 is 0 Å². The highest BCUT2D eigenvalue weighted by atomic mass is 35.5. The number of nitrogens with one attached hydrogen (secondary N) is 2. The van der Waals surface area contributed by atoms with E-state index in [0.29, 0.717) is 11.6 Å². The van der Waals surface area contributed by atoms with Crippen molar-refractivity contribution < 1.29 is 19.6 Å². The van der Waals surface area contributed by atoms with Crippen LogP contribution in [0.1, 0.15) is 5.56 Å². The van der Waals surface area contributed by atoms with Crippen molar-refractivity contribution in [2.75, 3.05) is 46.4 Å². The zero-order valence-electron chi connectivity index (χ0n) is 12.3. The molecule has 3 N–H and O–H groups in total. The number of benzene rings is 1. The molecule has 2 rings (SSSR count). The Morgan fingerprint density at radius 2 is 2.00 bits per heavy atom. The Morgan fingerprint density at radius 1 is 1.30 bits per heavy atom. The highest BCUT2D eigenvalue weighted by molar-refractivity contribution is 6.30. The maximum Gasteiger partial charge on any atom is 0.137 e. The van der Waals surface area contributed by atoms with Gasteiger partial charge in [-0.1, -0.05) is 11.6 Å². The van der Waals surface area contributed by atoms with Crippen LogP contribution in [-0.2, 0) is 0 Å². The van der Waals surface area contributed by atoms with E-state index in [1.807, 2.05) is 25.1 Å². The summed E-state index contributed by atoms with van der Waals surface area (Å²) in [6.07, 6.45) is -0.418. The van der Waals surface area contributed by atoms with Crippen molar-refractivity contribution in [3.63, 3.8) is 0 Å². The molecule has 1 aliphatic heterocycles. The van der Waals surface area contributed by atoms with Gasteiger partial charge in [0.1, 0.15) is 51.2 Å². The second-order valence-corrected chi connectivity index (χ2v) is 6.22. The van der Waals surface area contributed by atoms with Gasteiger partial charge in [0.15, 0.2) is 0 Å². The second-order valence-electron chi connectivity index (χ2n) is 5.79. The van der Waals surface area contributed by atoms with Crippen molar-refractivity contribution in [1.82, 2.24) is 0 Å². The smallest absolute Gasteiger partial charge is 0.137 e. The minimum atomic E-state index is -0.418. The molecule has 1 unspecified atom stereocenters.